The van der Waals surface area contributed by atoms with Gasteiger partial charge >= 0.3 is 6.09 Å². The highest BCUT2D eigenvalue weighted by Crippen LogP contribution is 2.31. The van der Waals surface area contributed by atoms with E-state index in [0.717, 1.165) is 4.90 Å². The fraction of sp³-hybridized carbons (Fsp3) is 0.125. The Labute approximate surface area is 85.5 Å². The van der Waals surface area contributed by atoms with Gasteiger partial charge in [-0.25, -0.2) is 9.90 Å². The molecule has 0 saturated carbocycles. The molecule has 0 aliphatic carbocycles. The summed E-state index contributed by atoms with van der Waals surface area (Å²) in [6.07, 6.45) is -1.33. The van der Waals surface area contributed by atoms with Crippen LogP contribution < -0.4 is 4.90 Å². The van der Waals surface area contributed by atoms with Gasteiger partial charge in [0.05, 0.1) is 15.7 Å². The number of anilines is 1. The van der Waals surface area contributed by atoms with Gasteiger partial charge in [0.25, 0.3) is 0 Å². The molecule has 0 aliphatic rings. The summed E-state index contributed by atoms with van der Waals surface area (Å²) in [5.74, 6) is 0. The van der Waals surface area contributed by atoms with E-state index in [2.05, 4.69) is 0 Å². The molecule has 0 aromatic heterocycles. The zero-order valence-electron chi connectivity index (χ0n) is 6.75. The molecule has 0 unspecified atom stereocenters. The standard InChI is InChI=1S/C8H6Cl2NO2/c1-11(8(12)13)6-4-2-3-5(9)7(6)10/h2-4H,1H3. The third-order valence-corrected chi connectivity index (χ3v) is 2.38. The van der Waals surface area contributed by atoms with Crippen molar-refractivity contribution in [1.29, 1.82) is 0 Å². The van der Waals surface area contributed by atoms with E-state index in [1.165, 1.54) is 7.05 Å². The van der Waals surface area contributed by atoms with Gasteiger partial charge < -0.3 is 0 Å². The van der Waals surface area contributed by atoms with Crippen molar-refractivity contribution in [2.75, 3.05) is 11.9 Å². The van der Waals surface area contributed by atoms with E-state index >= 15 is 0 Å². The Kier molecular flexibility index (Phi) is 3.01. The van der Waals surface area contributed by atoms with Gasteiger partial charge in [-0.1, -0.05) is 29.3 Å². The van der Waals surface area contributed by atoms with E-state index in [4.69, 9.17) is 23.2 Å². The maximum atomic E-state index is 10.5. The van der Waals surface area contributed by atoms with E-state index < -0.39 is 6.09 Å². The number of halogens is 2. The maximum Gasteiger partial charge on any atom is 0.457 e. The molecule has 3 nitrogen and oxygen atoms in total. The lowest BCUT2D eigenvalue weighted by Crippen LogP contribution is -2.22. The second-order valence-electron chi connectivity index (χ2n) is 2.40. The fourth-order valence-electron chi connectivity index (χ4n) is 0.850. The van der Waals surface area contributed by atoms with E-state index in [9.17, 15) is 9.90 Å². The van der Waals surface area contributed by atoms with Crippen LogP contribution in [0.15, 0.2) is 18.2 Å². The zero-order valence-corrected chi connectivity index (χ0v) is 8.26. The van der Waals surface area contributed by atoms with E-state index in [1.54, 1.807) is 18.2 Å². The molecule has 13 heavy (non-hydrogen) atoms. The molecule has 1 amide bonds. The molecule has 69 valence electrons. The molecule has 0 atom stereocenters. The topological polar surface area (TPSA) is 40.2 Å². The van der Waals surface area contributed by atoms with Crippen molar-refractivity contribution < 1.29 is 9.90 Å². The van der Waals surface area contributed by atoms with Gasteiger partial charge in [0.15, 0.2) is 0 Å². The molecule has 1 radical (unpaired) electrons. The van der Waals surface area contributed by atoms with Crippen LogP contribution in [0.3, 0.4) is 0 Å². The van der Waals surface area contributed by atoms with E-state index in [-0.39, 0.29) is 5.02 Å². The number of hydrogen-bond acceptors (Lipinski definition) is 1. The summed E-state index contributed by atoms with van der Waals surface area (Å²) >= 11 is 11.5. The first-order valence-corrected chi connectivity index (χ1v) is 4.18. The van der Waals surface area contributed by atoms with Crippen LogP contribution in [0.1, 0.15) is 0 Å². The van der Waals surface area contributed by atoms with Crippen molar-refractivity contribution in [2.45, 2.75) is 0 Å². The lowest BCUT2D eigenvalue weighted by Gasteiger charge is -2.13. The smallest absolute Gasteiger partial charge is 0.276 e. The molecule has 0 bridgehead atoms. The van der Waals surface area contributed by atoms with Gasteiger partial charge in [-0.3, -0.25) is 4.90 Å². The minimum atomic E-state index is -1.33. The normalized spacial score (nSPS) is 9.77. The van der Waals surface area contributed by atoms with Crippen molar-refractivity contribution in [3.8, 4) is 0 Å². The highest BCUT2D eigenvalue weighted by Gasteiger charge is 2.14. The molecular formula is C8H6Cl2NO2. The minimum Gasteiger partial charge on any atom is -0.276 e. The van der Waals surface area contributed by atoms with E-state index in [0.29, 0.717) is 10.7 Å². The summed E-state index contributed by atoms with van der Waals surface area (Å²) in [6, 6.07) is 4.74. The van der Waals surface area contributed by atoms with Gasteiger partial charge in [0.1, 0.15) is 0 Å². The van der Waals surface area contributed by atoms with Crippen LogP contribution in [0.2, 0.25) is 10.0 Å². The van der Waals surface area contributed by atoms with Gasteiger partial charge in [-0.05, 0) is 12.1 Å². The summed E-state index contributed by atoms with van der Waals surface area (Å²) in [7, 11) is 1.34. The Bertz CT molecular complexity index is 341. The van der Waals surface area contributed by atoms with Crippen molar-refractivity contribution in [1.82, 2.24) is 0 Å². The second kappa shape index (κ2) is 3.85. The number of rotatable bonds is 1. The SMILES string of the molecule is CN(C([O])=O)c1cccc(Cl)c1Cl. The molecule has 1 aromatic rings. The lowest BCUT2D eigenvalue weighted by atomic mass is 10.3. The first-order chi connectivity index (χ1) is 6.04. The molecule has 1 aromatic carbocycles. The summed E-state index contributed by atoms with van der Waals surface area (Å²) in [5.41, 5.74) is 0.314. The summed E-state index contributed by atoms with van der Waals surface area (Å²) in [5, 5.41) is 11.0. The van der Waals surface area contributed by atoms with Crippen LogP contribution in [-0.4, -0.2) is 13.1 Å². The Morgan fingerprint density at radius 1 is 1.38 bits per heavy atom. The summed E-state index contributed by atoms with van der Waals surface area (Å²) < 4.78 is 0. The summed E-state index contributed by atoms with van der Waals surface area (Å²) in [6.45, 7) is 0. The monoisotopic (exact) mass is 218 g/mol. The third-order valence-electron chi connectivity index (χ3n) is 1.57. The van der Waals surface area contributed by atoms with Crippen LogP contribution >= 0.6 is 23.2 Å². The number of nitrogens with zero attached hydrogens (tertiary/aromatic N) is 1. The molecule has 1 rings (SSSR count). The Hall–Kier alpha value is -0.930. The average Bonchev–Trinajstić information content (AvgIpc) is 2.08. The Morgan fingerprint density at radius 3 is 2.54 bits per heavy atom. The quantitative estimate of drug-likeness (QED) is 0.715. The fourth-order valence-corrected chi connectivity index (χ4v) is 1.27. The molecule has 0 saturated heterocycles. The van der Waals surface area contributed by atoms with Crippen LogP contribution in [-0.2, 0) is 5.11 Å². The Morgan fingerprint density at radius 2 is 2.00 bits per heavy atom. The first kappa shape index (κ1) is 10.2. The molecular weight excluding hydrogens is 213 g/mol. The van der Waals surface area contributed by atoms with Crippen molar-refractivity contribution >= 4 is 35.0 Å². The van der Waals surface area contributed by atoms with Crippen LogP contribution in [0.25, 0.3) is 0 Å². The van der Waals surface area contributed by atoms with Crippen molar-refractivity contribution in [2.24, 2.45) is 0 Å². The summed E-state index contributed by atoms with van der Waals surface area (Å²) in [4.78, 5) is 11.4. The molecule has 0 fully saturated rings. The highest BCUT2D eigenvalue weighted by molar-refractivity contribution is 6.43. The van der Waals surface area contributed by atoms with E-state index in [1.807, 2.05) is 0 Å². The number of carbonyl (C=O) groups excluding carboxylic acids is 1. The predicted octanol–water partition coefficient (Wildman–Crippen LogP) is 2.98. The highest BCUT2D eigenvalue weighted by atomic mass is 35.5. The van der Waals surface area contributed by atoms with Crippen LogP contribution in [0.4, 0.5) is 10.5 Å². The molecule has 0 N–H and O–H groups in total. The third kappa shape index (κ3) is 2.05. The Balaban J connectivity index is 3.15. The largest absolute Gasteiger partial charge is 0.457 e. The number of benzene rings is 1. The van der Waals surface area contributed by atoms with Gasteiger partial charge in [-0.2, -0.15) is 0 Å². The van der Waals surface area contributed by atoms with Crippen molar-refractivity contribution in [3.05, 3.63) is 28.2 Å². The van der Waals surface area contributed by atoms with Gasteiger partial charge in [-0.15, -0.1) is 0 Å². The number of carbonyl (C=O) groups is 1. The van der Waals surface area contributed by atoms with Gasteiger partial charge in [0.2, 0.25) is 0 Å². The first-order valence-electron chi connectivity index (χ1n) is 3.42. The van der Waals surface area contributed by atoms with Crippen LogP contribution in [0.5, 0.6) is 0 Å². The molecule has 0 spiro atoms. The van der Waals surface area contributed by atoms with Gasteiger partial charge in [0, 0.05) is 7.05 Å². The predicted molar refractivity (Wildman–Crippen MR) is 50.9 cm³/mol. The van der Waals surface area contributed by atoms with Crippen LogP contribution in [0, 0.1) is 0 Å². The molecule has 0 aliphatic heterocycles. The molecule has 0 heterocycles. The average molecular weight is 219 g/mol. The second-order valence-corrected chi connectivity index (χ2v) is 3.18. The number of amides is 1. The lowest BCUT2D eigenvalue weighted by molar-refractivity contribution is 0.178. The van der Waals surface area contributed by atoms with Crippen molar-refractivity contribution in [3.63, 3.8) is 0 Å². The molecule has 5 heteroatoms. The maximum absolute atomic E-state index is 10.5. The zero-order chi connectivity index (χ0) is 10.0. The minimum absolute atomic E-state index is 0.205. The number of hydrogen-bond donors (Lipinski definition) is 0.